The second-order valence-electron chi connectivity index (χ2n) is 4.12. The van der Waals surface area contributed by atoms with Gasteiger partial charge in [-0.1, -0.05) is 17.8 Å². The van der Waals surface area contributed by atoms with Crippen molar-refractivity contribution in [3.05, 3.63) is 42.4 Å². The van der Waals surface area contributed by atoms with Gasteiger partial charge in [0.2, 0.25) is 5.88 Å². The van der Waals surface area contributed by atoms with Crippen LogP contribution in [-0.4, -0.2) is 34.4 Å². The number of hydrogen-bond donors (Lipinski definition) is 1. The number of nitrogens with one attached hydrogen (secondary N) is 1. The Morgan fingerprint density at radius 2 is 2.05 bits per heavy atom. The molecule has 2 rings (SSSR count). The number of pyridine rings is 1. The van der Waals surface area contributed by atoms with Gasteiger partial charge < -0.3 is 10.1 Å². The maximum Gasteiger partial charge on any atom is 0.213 e. The summed E-state index contributed by atoms with van der Waals surface area (Å²) in [6, 6.07) is 5.65. The molecule has 0 amide bonds. The Kier molecular flexibility index (Phi) is 6.26. The molecule has 2 aromatic rings. The SMILES string of the molecule is CSc1ncc(CNCCCOc2ccccn2)cn1. The van der Waals surface area contributed by atoms with Crippen molar-refractivity contribution in [2.75, 3.05) is 19.4 Å². The minimum atomic E-state index is 0.659. The minimum absolute atomic E-state index is 0.659. The standard InChI is InChI=1S/C14H18N4OS/c1-20-14-17-10-12(11-18-14)9-15-6-4-8-19-13-5-2-3-7-16-13/h2-3,5,7,10-11,15H,4,6,8-9H2,1H3. The summed E-state index contributed by atoms with van der Waals surface area (Å²) in [5.74, 6) is 0.675. The Labute approximate surface area is 123 Å². The lowest BCUT2D eigenvalue weighted by Gasteiger charge is -2.06. The van der Waals surface area contributed by atoms with Crippen molar-refractivity contribution in [2.45, 2.75) is 18.1 Å². The van der Waals surface area contributed by atoms with E-state index in [0.717, 1.165) is 30.2 Å². The molecule has 0 spiro atoms. The van der Waals surface area contributed by atoms with E-state index in [2.05, 4.69) is 20.3 Å². The molecule has 6 heteroatoms. The van der Waals surface area contributed by atoms with Gasteiger partial charge in [0, 0.05) is 36.8 Å². The zero-order valence-electron chi connectivity index (χ0n) is 11.5. The van der Waals surface area contributed by atoms with E-state index in [9.17, 15) is 0 Å². The van der Waals surface area contributed by atoms with Gasteiger partial charge in [0.1, 0.15) is 0 Å². The van der Waals surface area contributed by atoms with Gasteiger partial charge in [-0.05, 0) is 25.3 Å². The monoisotopic (exact) mass is 290 g/mol. The topological polar surface area (TPSA) is 59.9 Å². The average molecular weight is 290 g/mol. The molecule has 0 saturated carbocycles. The second-order valence-corrected chi connectivity index (χ2v) is 4.90. The first-order valence-electron chi connectivity index (χ1n) is 6.48. The molecule has 0 aliphatic heterocycles. The fourth-order valence-corrected chi connectivity index (χ4v) is 1.89. The highest BCUT2D eigenvalue weighted by Gasteiger charge is 1.97. The Morgan fingerprint density at radius 1 is 1.20 bits per heavy atom. The van der Waals surface area contributed by atoms with Crippen molar-refractivity contribution < 1.29 is 4.74 Å². The van der Waals surface area contributed by atoms with Gasteiger partial charge in [0.05, 0.1) is 6.61 Å². The van der Waals surface area contributed by atoms with Crippen molar-refractivity contribution >= 4 is 11.8 Å². The van der Waals surface area contributed by atoms with Crippen molar-refractivity contribution in [2.24, 2.45) is 0 Å². The molecule has 0 aliphatic rings. The number of thioether (sulfide) groups is 1. The molecule has 0 fully saturated rings. The van der Waals surface area contributed by atoms with Crippen LogP contribution in [0.3, 0.4) is 0 Å². The Morgan fingerprint density at radius 3 is 2.75 bits per heavy atom. The summed E-state index contributed by atoms with van der Waals surface area (Å²) < 4.78 is 5.51. The first-order valence-corrected chi connectivity index (χ1v) is 7.70. The number of nitrogens with zero attached hydrogens (tertiary/aromatic N) is 3. The zero-order chi connectivity index (χ0) is 14.0. The molecular weight excluding hydrogens is 272 g/mol. The van der Waals surface area contributed by atoms with Gasteiger partial charge in [-0.2, -0.15) is 0 Å². The first-order chi connectivity index (χ1) is 9.88. The molecule has 106 valence electrons. The van der Waals surface area contributed by atoms with Crippen molar-refractivity contribution in [3.63, 3.8) is 0 Å². The largest absolute Gasteiger partial charge is 0.478 e. The van der Waals surface area contributed by atoms with E-state index in [0.29, 0.717) is 12.5 Å². The summed E-state index contributed by atoms with van der Waals surface area (Å²) in [4.78, 5) is 12.6. The van der Waals surface area contributed by atoms with E-state index < -0.39 is 0 Å². The highest BCUT2D eigenvalue weighted by molar-refractivity contribution is 7.98. The lowest BCUT2D eigenvalue weighted by molar-refractivity contribution is 0.296. The van der Waals surface area contributed by atoms with Gasteiger partial charge in [0.25, 0.3) is 0 Å². The van der Waals surface area contributed by atoms with E-state index in [1.54, 1.807) is 18.0 Å². The van der Waals surface area contributed by atoms with Crippen LogP contribution >= 0.6 is 11.8 Å². The van der Waals surface area contributed by atoms with Gasteiger partial charge in [-0.25, -0.2) is 15.0 Å². The molecule has 5 nitrogen and oxygen atoms in total. The van der Waals surface area contributed by atoms with Gasteiger partial charge in [0.15, 0.2) is 5.16 Å². The van der Waals surface area contributed by atoms with Crippen molar-refractivity contribution in [1.29, 1.82) is 0 Å². The zero-order valence-corrected chi connectivity index (χ0v) is 12.3. The van der Waals surface area contributed by atoms with Crippen LogP contribution in [0.25, 0.3) is 0 Å². The molecule has 20 heavy (non-hydrogen) atoms. The van der Waals surface area contributed by atoms with E-state index in [1.807, 2.05) is 36.8 Å². The summed E-state index contributed by atoms with van der Waals surface area (Å²) in [5, 5.41) is 4.14. The van der Waals surface area contributed by atoms with Crippen LogP contribution in [0, 0.1) is 0 Å². The highest BCUT2D eigenvalue weighted by atomic mass is 32.2. The lowest BCUT2D eigenvalue weighted by Crippen LogP contribution is -2.17. The van der Waals surface area contributed by atoms with E-state index in [4.69, 9.17) is 4.74 Å². The molecule has 0 atom stereocenters. The van der Waals surface area contributed by atoms with Crippen molar-refractivity contribution in [1.82, 2.24) is 20.3 Å². The van der Waals surface area contributed by atoms with Crippen LogP contribution in [-0.2, 0) is 6.54 Å². The van der Waals surface area contributed by atoms with Crippen LogP contribution in [0.15, 0.2) is 41.9 Å². The molecule has 0 radical (unpaired) electrons. The summed E-state index contributed by atoms with van der Waals surface area (Å²) in [5.41, 5.74) is 1.09. The van der Waals surface area contributed by atoms with Crippen LogP contribution in [0.2, 0.25) is 0 Å². The molecule has 2 aromatic heterocycles. The van der Waals surface area contributed by atoms with Crippen LogP contribution in [0.5, 0.6) is 5.88 Å². The quantitative estimate of drug-likeness (QED) is 0.457. The lowest BCUT2D eigenvalue weighted by atomic mass is 10.3. The van der Waals surface area contributed by atoms with E-state index >= 15 is 0 Å². The maximum absolute atomic E-state index is 5.51. The third-order valence-electron chi connectivity index (χ3n) is 2.58. The molecule has 0 saturated heterocycles. The van der Waals surface area contributed by atoms with E-state index in [-0.39, 0.29) is 0 Å². The smallest absolute Gasteiger partial charge is 0.213 e. The second kappa shape index (κ2) is 8.50. The molecule has 0 aromatic carbocycles. The summed E-state index contributed by atoms with van der Waals surface area (Å²) >= 11 is 1.55. The average Bonchev–Trinajstić information content (AvgIpc) is 2.52. The molecule has 0 bridgehead atoms. The van der Waals surface area contributed by atoms with Gasteiger partial charge in [-0.3, -0.25) is 0 Å². The van der Waals surface area contributed by atoms with Crippen molar-refractivity contribution in [3.8, 4) is 5.88 Å². The molecule has 0 unspecified atom stereocenters. The molecule has 1 N–H and O–H groups in total. The molecular formula is C14H18N4OS. The summed E-state index contributed by atoms with van der Waals surface area (Å²) in [7, 11) is 0. The molecule has 0 aliphatic carbocycles. The normalized spacial score (nSPS) is 10.4. The highest BCUT2D eigenvalue weighted by Crippen LogP contribution is 2.06. The third kappa shape index (κ3) is 5.14. The Balaban J connectivity index is 1.57. The predicted octanol–water partition coefficient (Wildman–Crippen LogP) is 2.15. The van der Waals surface area contributed by atoms with Gasteiger partial charge >= 0.3 is 0 Å². The van der Waals surface area contributed by atoms with Gasteiger partial charge in [-0.15, -0.1) is 0 Å². The fourth-order valence-electron chi connectivity index (χ4n) is 1.58. The number of ether oxygens (including phenoxy) is 1. The van der Waals surface area contributed by atoms with Crippen LogP contribution < -0.4 is 10.1 Å². The molecule has 2 heterocycles. The summed E-state index contributed by atoms with van der Waals surface area (Å²) in [6.45, 7) is 2.32. The number of rotatable bonds is 8. The third-order valence-corrected chi connectivity index (χ3v) is 3.15. The Bertz CT molecular complexity index is 492. The van der Waals surface area contributed by atoms with Crippen LogP contribution in [0.1, 0.15) is 12.0 Å². The van der Waals surface area contributed by atoms with E-state index in [1.165, 1.54) is 0 Å². The first kappa shape index (κ1) is 14.7. The fraction of sp³-hybridized carbons (Fsp3) is 0.357. The number of hydrogen-bond acceptors (Lipinski definition) is 6. The maximum atomic E-state index is 5.51. The number of aromatic nitrogens is 3. The van der Waals surface area contributed by atoms with Crippen LogP contribution in [0.4, 0.5) is 0 Å². The Hall–Kier alpha value is -1.66. The minimum Gasteiger partial charge on any atom is -0.478 e. The summed E-state index contributed by atoms with van der Waals surface area (Å²) in [6.07, 6.45) is 8.34. The predicted molar refractivity (Wildman–Crippen MR) is 79.9 cm³/mol.